The van der Waals surface area contributed by atoms with E-state index < -0.39 is 0 Å². The number of hydrogen-bond acceptors (Lipinski definition) is 3. The molecule has 0 aliphatic carbocycles. The Bertz CT molecular complexity index is 222. The summed E-state index contributed by atoms with van der Waals surface area (Å²) in [6.45, 7) is 8.08. The Labute approximate surface area is 98.8 Å². The molecule has 94 valence electrons. The lowest BCUT2D eigenvalue weighted by atomic mass is 9.97. The molecule has 0 aromatic rings. The SMILES string of the molecule is CC1(C)CCC(CN2CCC(CO)CC2)O1. The van der Waals surface area contributed by atoms with Crippen molar-refractivity contribution >= 4 is 0 Å². The zero-order valence-corrected chi connectivity index (χ0v) is 10.6. The van der Waals surface area contributed by atoms with E-state index in [0.29, 0.717) is 18.6 Å². The number of hydrogen-bond donors (Lipinski definition) is 1. The predicted molar refractivity (Wildman–Crippen MR) is 64.4 cm³/mol. The van der Waals surface area contributed by atoms with E-state index in [2.05, 4.69) is 18.7 Å². The van der Waals surface area contributed by atoms with Gasteiger partial charge < -0.3 is 14.7 Å². The molecule has 16 heavy (non-hydrogen) atoms. The molecular weight excluding hydrogens is 202 g/mol. The summed E-state index contributed by atoms with van der Waals surface area (Å²) in [5.41, 5.74) is 0.0914. The molecule has 0 saturated carbocycles. The van der Waals surface area contributed by atoms with E-state index in [1.807, 2.05) is 0 Å². The minimum absolute atomic E-state index is 0.0914. The van der Waals surface area contributed by atoms with Gasteiger partial charge in [-0.25, -0.2) is 0 Å². The third kappa shape index (κ3) is 3.19. The summed E-state index contributed by atoms with van der Waals surface area (Å²) in [6.07, 6.45) is 5.11. The van der Waals surface area contributed by atoms with Crippen LogP contribution in [-0.2, 0) is 4.74 Å². The number of nitrogens with zero attached hydrogens (tertiary/aromatic N) is 1. The van der Waals surface area contributed by atoms with Gasteiger partial charge in [-0.2, -0.15) is 0 Å². The van der Waals surface area contributed by atoms with Crippen LogP contribution in [0.1, 0.15) is 39.5 Å². The highest BCUT2D eigenvalue weighted by Gasteiger charge is 2.33. The van der Waals surface area contributed by atoms with Crippen molar-refractivity contribution in [1.82, 2.24) is 4.90 Å². The zero-order chi connectivity index (χ0) is 11.6. The molecule has 2 saturated heterocycles. The Balaban J connectivity index is 1.71. The van der Waals surface area contributed by atoms with E-state index in [4.69, 9.17) is 9.84 Å². The fourth-order valence-electron chi connectivity index (χ4n) is 2.85. The summed E-state index contributed by atoms with van der Waals surface area (Å²) < 4.78 is 6.01. The summed E-state index contributed by atoms with van der Waals surface area (Å²) in [5.74, 6) is 0.539. The average molecular weight is 227 g/mol. The molecule has 0 bridgehead atoms. The van der Waals surface area contributed by atoms with Crippen LogP contribution in [0.15, 0.2) is 0 Å². The Morgan fingerprint density at radius 1 is 1.25 bits per heavy atom. The minimum Gasteiger partial charge on any atom is -0.396 e. The maximum absolute atomic E-state index is 9.09. The van der Waals surface area contributed by atoms with Crippen molar-refractivity contribution in [2.45, 2.75) is 51.2 Å². The second-order valence-corrected chi connectivity index (χ2v) is 5.96. The Morgan fingerprint density at radius 3 is 2.44 bits per heavy atom. The van der Waals surface area contributed by atoms with Gasteiger partial charge in [0.1, 0.15) is 0 Å². The second kappa shape index (κ2) is 5.03. The molecular formula is C13H25NO2. The Hall–Kier alpha value is -0.120. The first kappa shape index (κ1) is 12.3. The highest BCUT2D eigenvalue weighted by molar-refractivity contribution is 4.83. The van der Waals surface area contributed by atoms with Crippen LogP contribution in [0.3, 0.4) is 0 Å². The van der Waals surface area contributed by atoms with Crippen LogP contribution in [0, 0.1) is 5.92 Å². The molecule has 0 aromatic carbocycles. The molecule has 2 rings (SSSR count). The van der Waals surface area contributed by atoms with Gasteiger partial charge in [0.25, 0.3) is 0 Å². The van der Waals surface area contributed by atoms with E-state index in [0.717, 1.165) is 32.5 Å². The summed E-state index contributed by atoms with van der Waals surface area (Å²) >= 11 is 0. The van der Waals surface area contributed by atoms with Gasteiger partial charge in [-0.15, -0.1) is 0 Å². The van der Waals surface area contributed by atoms with Gasteiger partial charge >= 0.3 is 0 Å². The van der Waals surface area contributed by atoms with Crippen LogP contribution in [0.4, 0.5) is 0 Å². The molecule has 1 unspecified atom stereocenters. The van der Waals surface area contributed by atoms with Gasteiger partial charge in [0.2, 0.25) is 0 Å². The van der Waals surface area contributed by atoms with Crippen molar-refractivity contribution in [3.63, 3.8) is 0 Å². The molecule has 0 aromatic heterocycles. The fourth-order valence-corrected chi connectivity index (χ4v) is 2.85. The van der Waals surface area contributed by atoms with Crippen LogP contribution in [0.2, 0.25) is 0 Å². The topological polar surface area (TPSA) is 32.7 Å². The van der Waals surface area contributed by atoms with Crippen molar-refractivity contribution in [2.75, 3.05) is 26.2 Å². The van der Waals surface area contributed by atoms with Crippen molar-refractivity contribution in [2.24, 2.45) is 5.92 Å². The monoisotopic (exact) mass is 227 g/mol. The molecule has 2 fully saturated rings. The summed E-state index contributed by atoms with van der Waals surface area (Å²) in [4.78, 5) is 2.50. The van der Waals surface area contributed by atoms with Gasteiger partial charge in [0.15, 0.2) is 0 Å². The molecule has 2 aliphatic heterocycles. The molecule has 0 spiro atoms. The minimum atomic E-state index is 0.0914. The molecule has 0 radical (unpaired) electrons. The van der Waals surface area contributed by atoms with Crippen LogP contribution in [0.25, 0.3) is 0 Å². The highest BCUT2D eigenvalue weighted by Crippen LogP contribution is 2.30. The molecule has 2 aliphatic rings. The van der Waals surface area contributed by atoms with Crippen molar-refractivity contribution in [3.8, 4) is 0 Å². The number of aliphatic hydroxyl groups excluding tert-OH is 1. The van der Waals surface area contributed by atoms with E-state index in [9.17, 15) is 0 Å². The zero-order valence-electron chi connectivity index (χ0n) is 10.6. The summed E-state index contributed by atoms with van der Waals surface area (Å²) in [6, 6.07) is 0. The quantitative estimate of drug-likeness (QED) is 0.795. The maximum atomic E-state index is 9.09. The molecule has 0 amide bonds. The standard InChI is InChI=1S/C13H25NO2/c1-13(2)6-3-12(16-13)9-14-7-4-11(10-15)5-8-14/h11-12,15H,3-10H2,1-2H3. The molecule has 1 N–H and O–H groups in total. The van der Waals surface area contributed by atoms with Gasteiger partial charge in [-0.1, -0.05) is 0 Å². The van der Waals surface area contributed by atoms with Crippen LogP contribution in [0.5, 0.6) is 0 Å². The molecule has 3 heteroatoms. The van der Waals surface area contributed by atoms with Gasteiger partial charge in [0, 0.05) is 13.2 Å². The number of likely N-dealkylation sites (tertiary alicyclic amines) is 1. The lowest BCUT2D eigenvalue weighted by Crippen LogP contribution is -2.40. The molecule has 1 atom stereocenters. The average Bonchev–Trinajstić information content (AvgIpc) is 2.59. The smallest absolute Gasteiger partial charge is 0.0710 e. The van der Waals surface area contributed by atoms with Gasteiger partial charge in [-0.05, 0) is 58.5 Å². The maximum Gasteiger partial charge on any atom is 0.0710 e. The summed E-state index contributed by atoms with van der Waals surface area (Å²) in [7, 11) is 0. The number of aliphatic hydroxyl groups is 1. The predicted octanol–water partition coefficient (Wildman–Crippen LogP) is 1.65. The fraction of sp³-hybridized carbons (Fsp3) is 1.00. The largest absolute Gasteiger partial charge is 0.396 e. The van der Waals surface area contributed by atoms with E-state index >= 15 is 0 Å². The normalized spacial score (nSPS) is 32.1. The second-order valence-electron chi connectivity index (χ2n) is 5.96. The van der Waals surface area contributed by atoms with E-state index in [1.165, 1.54) is 12.8 Å². The van der Waals surface area contributed by atoms with Gasteiger partial charge in [0.05, 0.1) is 11.7 Å². The highest BCUT2D eigenvalue weighted by atomic mass is 16.5. The van der Waals surface area contributed by atoms with Crippen LogP contribution in [-0.4, -0.2) is 48.0 Å². The third-order valence-corrected chi connectivity index (χ3v) is 3.98. The lowest BCUT2D eigenvalue weighted by molar-refractivity contribution is -0.0328. The third-order valence-electron chi connectivity index (χ3n) is 3.98. The van der Waals surface area contributed by atoms with Crippen molar-refractivity contribution in [1.29, 1.82) is 0 Å². The first-order valence-corrected chi connectivity index (χ1v) is 6.60. The molecule has 3 nitrogen and oxygen atoms in total. The first-order valence-electron chi connectivity index (χ1n) is 6.60. The Morgan fingerprint density at radius 2 is 1.94 bits per heavy atom. The molecule has 2 heterocycles. The Kier molecular flexibility index (Phi) is 3.88. The number of rotatable bonds is 3. The van der Waals surface area contributed by atoms with Crippen molar-refractivity contribution < 1.29 is 9.84 Å². The van der Waals surface area contributed by atoms with E-state index in [-0.39, 0.29) is 5.60 Å². The summed E-state index contributed by atoms with van der Waals surface area (Å²) in [5, 5.41) is 9.09. The lowest BCUT2D eigenvalue weighted by Gasteiger charge is -2.33. The number of ether oxygens (including phenoxy) is 1. The van der Waals surface area contributed by atoms with Crippen molar-refractivity contribution in [3.05, 3.63) is 0 Å². The first-order chi connectivity index (χ1) is 7.59. The van der Waals surface area contributed by atoms with Crippen LogP contribution < -0.4 is 0 Å². The number of piperidine rings is 1. The van der Waals surface area contributed by atoms with E-state index in [1.54, 1.807) is 0 Å². The van der Waals surface area contributed by atoms with Gasteiger partial charge in [-0.3, -0.25) is 0 Å². The van der Waals surface area contributed by atoms with Crippen LogP contribution >= 0.6 is 0 Å².